The molecule has 0 aromatic heterocycles. The van der Waals surface area contributed by atoms with Crippen LogP contribution in [0, 0.1) is 10.8 Å². The van der Waals surface area contributed by atoms with Gasteiger partial charge in [0.15, 0.2) is 0 Å². The van der Waals surface area contributed by atoms with E-state index in [1.54, 1.807) is 0 Å². The standard InChI is InChI=1S/C20H21N/c1-20(2,3)19(21)18-16-11-7-6-10-15(16)12-13-17(18)14-8-4-5-9-14/h4-14,21H,1-3H3. The molecule has 1 aliphatic rings. The van der Waals surface area contributed by atoms with Gasteiger partial charge in [-0.2, -0.15) is 0 Å². The smallest absolute Gasteiger partial charge is 0.0448 e. The molecular formula is C20H21N. The van der Waals surface area contributed by atoms with E-state index in [1.165, 1.54) is 16.3 Å². The maximum absolute atomic E-state index is 8.72. The van der Waals surface area contributed by atoms with E-state index in [2.05, 4.69) is 81.5 Å². The van der Waals surface area contributed by atoms with Gasteiger partial charge < -0.3 is 5.41 Å². The molecule has 0 heterocycles. The van der Waals surface area contributed by atoms with Crippen LogP contribution < -0.4 is 0 Å². The topological polar surface area (TPSA) is 23.9 Å². The van der Waals surface area contributed by atoms with Gasteiger partial charge in [-0.1, -0.05) is 81.5 Å². The molecule has 1 heteroatoms. The Hall–Kier alpha value is -2.15. The number of benzene rings is 2. The monoisotopic (exact) mass is 275 g/mol. The fourth-order valence-electron chi connectivity index (χ4n) is 2.86. The Morgan fingerprint density at radius 1 is 0.952 bits per heavy atom. The highest BCUT2D eigenvalue weighted by molar-refractivity contribution is 6.13. The van der Waals surface area contributed by atoms with Gasteiger partial charge in [0, 0.05) is 22.6 Å². The van der Waals surface area contributed by atoms with Gasteiger partial charge >= 0.3 is 0 Å². The zero-order chi connectivity index (χ0) is 15.0. The average Bonchev–Trinajstić information content (AvgIpc) is 2.98. The molecular weight excluding hydrogens is 254 g/mol. The van der Waals surface area contributed by atoms with Crippen molar-refractivity contribution in [2.75, 3.05) is 0 Å². The van der Waals surface area contributed by atoms with Gasteiger partial charge in [0.25, 0.3) is 0 Å². The molecule has 0 atom stereocenters. The lowest BCUT2D eigenvalue weighted by atomic mass is 9.79. The molecule has 1 nitrogen and oxygen atoms in total. The minimum atomic E-state index is -0.162. The van der Waals surface area contributed by atoms with Crippen molar-refractivity contribution in [1.29, 1.82) is 5.41 Å². The Kier molecular flexibility index (Phi) is 3.29. The Balaban J connectivity index is 2.30. The van der Waals surface area contributed by atoms with Crippen LogP contribution in [0.3, 0.4) is 0 Å². The zero-order valence-electron chi connectivity index (χ0n) is 12.9. The SMILES string of the molecule is CC(C)(C)C(=N)c1c(C2C=CC=C2)ccc2ccccc12. The maximum Gasteiger partial charge on any atom is 0.0448 e. The first-order valence-electron chi connectivity index (χ1n) is 7.44. The molecule has 0 radical (unpaired) electrons. The number of allylic oxidation sites excluding steroid dienone is 4. The summed E-state index contributed by atoms with van der Waals surface area (Å²) in [6.45, 7) is 6.34. The van der Waals surface area contributed by atoms with E-state index in [-0.39, 0.29) is 11.3 Å². The number of nitrogens with one attached hydrogen (secondary N) is 1. The molecule has 0 bridgehead atoms. The highest BCUT2D eigenvalue weighted by atomic mass is 14.5. The van der Waals surface area contributed by atoms with E-state index < -0.39 is 0 Å². The zero-order valence-corrected chi connectivity index (χ0v) is 12.9. The minimum absolute atomic E-state index is 0.162. The third-order valence-electron chi connectivity index (χ3n) is 4.07. The van der Waals surface area contributed by atoms with E-state index in [0.29, 0.717) is 5.71 Å². The molecule has 0 saturated heterocycles. The van der Waals surface area contributed by atoms with Gasteiger partial charge in [-0.15, -0.1) is 0 Å². The predicted octanol–water partition coefficient (Wildman–Crippen LogP) is 5.46. The Morgan fingerprint density at radius 2 is 1.62 bits per heavy atom. The van der Waals surface area contributed by atoms with Gasteiger partial charge in [-0.3, -0.25) is 0 Å². The largest absolute Gasteiger partial charge is 0.304 e. The summed E-state index contributed by atoms with van der Waals surface area (Å²) in [6, 6.07) is 12.7. The molecule has 0 spiro atoms. The van der Waals surface area contributed by atoms with Gasteiger partial charge in [-0.25, -0.2) is 0 Å². The summed E-state index contributed by atoms with van der Waals surface area (Å²) in [6.07, 6.45) is 8.57. The number of hydrogen-bond acceptors (Lipinski definition) is 1. The molecule has 2 aromatic rings. The first-order valence-corrected chi connectivity index (χ1v) is 7.44. The first-order chi connectivity index (χ1) is 9.98. The van der Waals surface area contributed by atoms with Crippen LogP contribution in [0.25, 0.3) is 10.8 Å². The lowest BCUT2D eigenvalue weighted by molar-refractivity contribution is 0.588. The molecule has 0 unspecified atom stereocenters. The summed E-state index contributed by atoms with van der Waals surface area (Å²) in [5, 5.41) is 11.1. The van der Waals surface area contributed by atoms with E-state index in [4.69, 9.17) is 5.41 Å². The summed E-state index contributed by atoms with van der Waals surface area (Å²) in [5.41, 5.74) is 2.88. The van der Waals surface area contributed by atoms with Crippen molar-refractivity contribution >= 4 is 16.5 Å². The van der Waals surface area contributed by atoms with E-state index in [0.717, 1.165) is 5.56 Å². The summed E-state index contributed by atoms with van der Waals surface area (Å²) in [4.78, 5) is 0. The fourth-order valence-corrected chi connectivity index (χ4v) is 2.86. The molecule has 2 aromatic carbocycles. The minimum Gasteiger partial charge on any atom is -0.304 e. The molecule has 0 aliphatic heterocycles. The summed E-state index contributed by atoms with van der Waals surface area (Å²) in [5.74, 6) is 0.285. The van der Waals surface area contributed by atoms with Crippen molar-refractivity contribution in [2.45, 2.75) is 26.7 Å². The number of fused-ring (bicyclic) bond motifs is 1. The van der Waals surface area contributed by atoms with Crippen LogP contribution in [-0.2, 0) is 0 Å². The van der Waals surface area contributed by atoms with Crippen LogP contribution in [0.2, 0.25) is 0 Å². The Bertz CT molecular complexity index is 745. The normalized spacial score (nSPS) is 15.0. The van der Waals surface area contributed by atoms with E-state index in [9.17, 15) is 0 Å². The van der Waals surface area contributed by atoms with E-state index in [1.807, 2.05) is 0 Å². The summed E-state index contributed by atoms with van der Waals surface area (Å²) < 4.78 is 0. The summed E-state index contributed by atoms with van der Waals surface area (Å²) in [7, 11) is 0. The Morgan fingerprint density at radius 3 is 2.29 bits per heavy atom. The lowest BCUT2D eigenvalue weighted by Crippen LogP contribution is -2.22. The molecule has 21 heavy (non-hydrogen) atoms. The van der Waals surface area contributed by atoms with Crippen LogP contribution in [0.15, 0.2) is 60.7 Å². The summed E-state index contributed by atoms with van der Waals surface area (Å²) >= 11 is 0. The maximum atomic E-state index is 8.72. The second-order valence-corrected chi connectivity index (χ2v) is 6.67. The van der Waals surface area contributed by atoms with Gasteiger partial charge in [0.05, 0.1) is 0 Å². The average molecular weight is 275 g/mol. The Labute approximate surface area is 126 Å². The molecule has 3 rings (SSSR count). The third kappa shape index (κ3) is 2.44. The van der Waals surface area contributed by atoms with Crippen LogP contribution in [0.4, 0.5) is 0 Å². The van der Waals surface area contributed by atoms with Crippen LogP contribution in [0.1, 0.15) is 37.8 Å². The molecule has 1 aliphatic carbocycles. The number of rotatable bonds is 2. The van der Waals surface area contributed by atoms with Gasteiger partial charge in [0.1, 0.15) is 0 Å². The van der Waals surface area contributed by atoms with Gasteiger partial charge in [-0.05, 0) is 16.3 Å². The van der Waals surface area contributed by atoms with E-state index >= 15 is 0 Å². The molecule has 0 saturated carbocycles. The van der Waals surface area contributed by atoms with Crippen molar-refractivity contribution in [2.24, 2.45) is 5.41 Å². The predicted molar refractivity (Wildman–Crippen MR) is 91.3 cm³/mol. The van der Waals surface area contributed by atoms with Gasteiger partial charge in [0.2, 0.25) is 0 Å². The van der Waals surface area contributed by atoms with Crippen molar-refractivity contribution in [3.63, 3.8) is 0 Å². The quantitative estimate of drug-likeness (QED) is 0.703. The highest BCUT2D eigenvalue weighted by Crippen LogP contribution is 2.35. The van der Waals surface area contributed by atoms with Crippen LogP contribution in [-0.4, -0.2) is 5.71 Å². The lowest BCUT2D eigenvalue weighted by Gasteiger charge is -2.25. The third-order valence-corrected chi connectivity index (χ3v) is 4.07. The van der Waals surface area contributed by atoms with Crippen molar-refractivity contribution in [1.82, 2.24) is 0 Å². The first kappa shape index (κ1) is 13.8. The highest BCUT2D eigenvalue weighted by Gasteiger charge is 2.25. The van der Waals surface area contributed by atoms with Crippen LogP contribution in [0.5, 0.6) is 0 Å². The fraction of sp³-hybridized carbons (Fsp3) is 0.250. The molecule has 106 valence electrons. The van der Waals surface area contributed by atoms with Crippen molar-refractivity contribution in [3.8, 4) is 0 Å². The molecule has 0 amide bonds. The number of hydrogen-bond donors (Lipinski definition) is 1. The second kappa shape index (κ2) is 5.00. The molecule has 1 N–H and O–H groups in total. The van der Waals surface area contributed by atoms with Crippen molar-refractivity contribution < 1.29 is 0 Å². The second-order valence-electron chi connectivity index (χ2n) is 6.67. The van der Waals surface area contributed by atoms with Crippen LogP contribution >= 0.6 is 0 Å². The van der Waals surface area contributed by atoms with Crippen molar-refractivity contribution in [3.05, 3.63) is 71.8 Å². The molecule has 0 fully saturated rings.